The van der Waals surface area contributed by atoms with Gasteiger partial charge in [-0.05, 0) is 40.2 Å². The zero-order valence-electron chi connectivity index (χ0n) is 10.7. The molecule has 1 aromatic heterocycles. The molecule has 0 saturated heterocycles. The lowest BCUT2D eigenvalue weighted by atomic mass is 10.2. The van der Waals surface area contributed by atoms with Crippen LogP contribution in [0.25, 0.3) is 0 Å². The number of hydrogen-bond donors (Lipinski definition) is 1. The number of aryl methyl sites for hydroxylation is 1. The molecular formula is C13H13BrF3N3. The fourth-order valence-corrected chi connectivity index (χ4v) is 2.20. The maximum absolute atomic E-state index is 12.6. The first-order valence-corrected chi connectivity index (χ1v) is 6.75. The molecule has 0 atom stereocenters. The second-order valence-electron chi connectivity index (χ2n) is 4.32. The minimum Gasteiger partial charge on any atom is -0.384 e. The maximum Gasteiger partial charge on any atom is 0.416 e. The van der Waals surface area contributed by atoms with Crippen molar-refractivity contribution in [3.63, 3.8) is 0 Å². The normalized spacial score (nSPS) is 11.7. The zero-order valence-corrected chi connectivity index (χ0v) is 12.3. The molecule has 0 unspecified atom stereocenters. The van der Waals surface area contributed by atoms with E-state index in [1.807, 2.05) is 13.1 Å². The summed E-state index contributed by atoms with van der Waals surface area (Å²) in [5.74, 6) is 0. The van der Waals surface area contributed by atoms with Gasteiger partial charge in [0.2, 0.25) is 0 Å². The Hall–Kier alpha value is -1.50. The molecule has 0 amide bonds. The molecule has 0 fully saturated rings. The Morgan fingerprint density at radius 1 is 1.30 bits per heavy atom. The van der Waals surface area contributed by atoms with E-state index in [0.29, 0.717) is 23.1 Å². The SMILES string of the molecule is Cn1nccc1CCNc1cc(C(F)(F)F)ccc1Br. The number of benzene rings is 1. The first-order chi connectivity index (χ1) is 9.38. The molecule has 1 heterocycles. The summed E-state index contributed by atoms with van der Waals surface area (Å²) in [6, 6.07) is 5.43. The summed E-state index contributed by atoms with van der Waals surface area (Å²) in [6.45, 7) is 0.527. The lowest BCUT2D eigenvalue weighted by Gasteiger charge is -2.12. The topological polar surface area (TPSA) is 29.9 Å². The van der Waals surface area contributed by atoms with Gasteiger partial charge in [0.25, 0.3) is 0 Å². The van der Waals surface area contributed by atoms with Crippen molar-refractivity contribution >= 4 is 21.6 Å². The summed E-state index contributed by atoms with van der Waals surface area (Å²) in [7, 11) is 1.83. The first kappa shape index (κ1) is 14.9. The molecule has 108 valence electrons. The van der Waals surface area contributed by atoms with Crippen LogP contribution in [0.4, 0.5) is 18.9 Å². The number of nitrogens with one attached hydrogen (secondary N) is 1. The van der Waals surface area contributed by atoms with Crippen molar-refractivity contribution in [2.24, 2.45) is 7.05 Å². The van der Waals surface area contributed by atoms with Crippen LogP contribution < -0.4 is 5.32 Å². The Balaban J connectivity index is 2.04. The third-order valence-corrected chi connectivity index (χ3v) is 3.60. The predicted molar refractivity (Wildman–Crippen MR) is 74.5 cm³/mol. The van der Waals surface area contributed by atoms with E-state index < -0.39 is 11.7 Å². The quantitative estimate of drug-likeness (QED) is 0.910. The van der Waals surface area contributed by atoms with Gasteiger partial charge in [-0.15, -0.1) is 0 Å². The first-order valence-electron chi connectivity index (χ1n) is 5.95. The van der Waals surface area contributed by atoms with Crippen LogP contribution >= 0.6 is 15.9 Å². The molecule has 0 aliphatic rings. The van der Waals surface area contributed by atoms with Gasteiger partial charge in [-0.25, -0.2) is 0 Å². The van der Waals surface area contributed by atoms with Crippen molar-refractivity contribution in [3.05, 3.63) is 46.2 Å². The average molecular weight is 348 g/mol. The average Bonchev–Trinajstić information content (AvgIpc) is 2.76. The van der Waals surface area contributed by atoms with E-state index in [1.165, 1.54) is 6.07 Å². The second kappa shape index (κ2) is 5.87. The molecule has 20 heavy (non-hydrogen) atoms. The molecule has 0 saturated carbocycles. The van der Waals surface area contributed by atoms with Crippen molar-refractivity contribution in [3.8, 4) is 0 Å². The van der Waals surface area contributed by atoms with Gasteiger partial charge in [0.15, 0.2) is 0 Å². The van der Waals surface area contributed by atoms with Crippen LogP contribution in [-0.4, -0.2) is 16.3 Å². The van der Waals surface area contributed by atoms with E-state index >= 15 is 0 Å². The van der Waals surface area contributed by atoms with E-state index in [1.54, 1.807) is 10.9 Å². The van der Waals surface area contributed by atoms with E-state index in [9.17, 15) is 13.2 Å². The number of halogens is 4. The van der Waals surface area contributed by atoms with Crippen LogP contribution in [-0.2, 0) is 19.6 Å². The monoisotopic (exact) mass is 347 g/mol. The van der Waals surface area contributed by atoms with Crippen molar-refractivity contribution in [1.82, 2.24) is 9.78 Å². The molecule has 2 aromatic rings. The lowest BCUT2D eigenvalue weighted by Crippen LogP contribution is -2.10. The molecular weight excluding hydrogens is 335 g/mol. The highest BCUT2D eigenvalue weighted by atomic mass is 79.9. The highest BCUT2D eigenvalue weighted by molar-refractivity contribution is 9.10. The van der Waals surface area contributed by atoms with Gasteiger partial charge >= 0.3 is 6.18 Å². The number of aromatic nitrogens is 2. The molecule has 0 bridgehead atoms. The Bertz CT molecular complexity index is 593. The number of alkyl halides is 3. The number of hydrogen-bond acceptors (Lipinski definition) is 2. The fraction of sp³-hybridized carbons (Fsp3) is 0.308. The second-order valence-corrected chi connectivity index (χ2v) is 5.17. The van der Waals surface area contributed by atoms with Crippen molar-refractivity contribution in [2.75, 3.05) is 11.9 Å². The maximum atomic E-state index is 12.6. The molecule has 0 aliphatic heterocycles. The summed E-state index contributed by atoms with van der Waals surface area (Å²) in [6.07, 6.45) is -1.96. The van der Waals surface area contributed by atoms with Gasteiger partial charge in [-0.3, -0.25) is 4.68 Å². The van der Waals surface area contributed by atoms with Gasteiger partial charge in [0.1, 0.15) is 0 Å². The summed E-state index contributed by atoms with van der Waals surface area (Å²) in [5, 5.41) is 7.04. The van der Waals surface area contributed by atoms with Crippen LogP contribution in [0.3, 0.4) is 0 Å². The number of rotatable bonds is 4. The van der Waals surface area contributed by atoms with Crippen LogP contribution in [0, 0.1) is 0 Å². The number of nitrogens with zero attached hydrogens (tertiary/aromatic N) is 2. The smallest absolute Gasteiger partial charge is 0.384 e. The molecule has 1 aromatic carbocycles. The van der Waals surface area contributed by atoms with Crippen LogP contribution in [0.15, 0.2) is 34.9 Å². The minimum atomic E-state index is -4.33. The summed E-state index contributed by atoms with van der Waals surface area (Å²) in [4.78, 5) is 0. The highest BCUT2D eigenvalue weighted by Gasteiger charge is 2.30. The third kappa shape index (κ3) is 3.53. The lowest BCUT2D eigenvalue weighted by molar-refractivity contribution is -0.137. The van der Waals surface area contributed by atoms with Crippen molar-refractivity contribution < 1.29 is 13.2 Å². The summed E-state index contributed by atoms with van der Waals surface area (Å²) < 4.78 is 40.3. The Morgan fingerprint density at radius 3 is 2.65 bits per heavy atom. The molecule has 1 N–H and O–H groups in total. The van der Waals surface area contributed by atoms with Gasteiger partial charge in [-0.1, -0.05) is 0 Å². The van der Waals surface area contributed by atoms with E-state index in [4.69, 9.17) is 0 Å². The highest BCUT2D eigenvalue weighted by Crippen LogP contribution is 2.33. The molecule has 3 nitrogen and oxygen atoms in total. The fourth-order valence-electron chi connectivity index (χ4n) is 1.81. The van der Waals surface area contributed by atoms with Crippen LogP contribution in [0.5, 0.6) is 0 Å². The summed E-state index contributed by atoms with van der Waals surface area (Å²) in [5.41, 5.74) is 0.784. The Kier molecular flexibility index (Phi) is 4.37. The predicted octanol–water partition coefficient (Wildman–Crippen LogP) is 3.86. The zero-order chi connectivity index (χ0) is 14.8. The molecule has 0 aliphatic carbocycles. The Morgan fingerprint density at radius 2 is 2.05 bits per heavy atom. The minimum absolute atomic E-state index is 0.432. The van der Waals surface area contributed by atoms with Gasteiger partial charge in [0.05, 0.1) is 5.56 Å². The van der Waals surface area contributed by atoms with Gasteiger partial charge < -0.3 is 5.32 Å². The van der Waals surface area contributed by atoms with Gasteiger partial charge in [-0.2, -0.15) is 18.3 Å². The molecule has 7 heteroatoms. The van der Waals surface area contributed by atoms with E-state index in [2.05, 4.69) is 26.3 Å². The summed E-state index contributed by atoms with van der Waals surface area (Å²) >= 11 is 3.24. The molecule has 2 rings (SSSR count). The van der Waals surface area contributed by atoms with Crippen LogP contribution in [0.1, 0.15) is 11.3 Å². The standard InChI is InChI=1S/C13H13BrF3N3/c1-20-10(5-7-19-20)4-6-18-12-8-9(13(15,16)17)2-3-11(12)14/h2-3,5,7-8,18H,4,6H2,1H3. The van der Waals surface area contributed by atoms with Gasteiger partial charge in [0, 0.05) is 42.1 Å². The van der Waals surface area contributed by atoms with E-state index in [-0.39, 0.29) is 0 Å². The Labute approximate surface area is 122 Å². The van der Waals surface area contributed by atoms with Crippen molar-refractivity contribution in [1.29, 1.82) is 0 Å². The largest absolute Gasteiger partial charge is 0.416 e. The third-order valence-electron chi connectivity index (χ3n) is 2.91. The molecule has 0 spiro atoms. The number of anilines is 1. The van der Waals surface area contributed by atoms with Crippen molar-refractivity contribution in [2.45, 2.75) is 12.6 Å². The molecule has 0 radical (unpaired) electrons. The van der Waals surface area contributed by atoms with E-state index in [0.717, 1.165) is 17.8 Å². The van der Waals surface area contributed by atoms with Crippen LogP contribution in [0.2, 0.25) is 0 Å².